The first-order chi connectivity index (χ1) is 9.33. The summed E-state index contributed by atoms with van der Waals surface area (Å²) in [6.07, 6.45) is 5.47. The van der Waals surface area contributed by atoms with Crippen molar-refractivity contribution in [3.8, 4) is 11.5 Å². The van der Waals surface area contributed by atoms with Crippen LogP contribution < -0.4 is 14.8 Å². The van der Waals surface area contributed by atoms with Crippen LogP contribution >= 0.6 is 0 Å². The highest BCUT2D eigenvalue weighted by Gasteiger charge is 2.38. The van der Waals surface area contributed by atoms with E-state index < -0.39 is 0 Å². The van der Waals surface area contributed by atoms with Gasteiger partial charge in [0.15, 0.2) is 0 Å². The molecule has 0 unspecified atom stereocenters. The van der Waals surface area contributed by atoms with E-state index in [9.17, 15) is 0 Å². The van der Waals surface area contributed by atoms with Crippen LogP contribution in [0.2, 0.25) is 0 Å². The maximum Gasteiger partial charge on any atom is 0.127 e. The van der Waals surface area contributed by atoms with Crippen molar-refractivity contribution in [1.29, 1.82) is 0 Å². The van der Waals surface area contributed by atoms with E-state index in [1.165, 1.54) is 5.56 Å². The van der Waals surface area contributed by atoms with E-state index in [1.807, 2.05) is 6.07 Å². The highest BCUT2D eigenvalue weighted by molar-refractivity contribution is 5.46. The molecule has 2 aliphatic rings. The molecule has 1 aromatic carbocycles. The molecule has 0 bridgehead atoms. The van der Waals surface area contributed by atoms with Crippen LogP contribution in [0.5, 0.6) is 11.5 Å². The first-order valence-electron chi connectivity index (χ1n) is 7.47. The minimum absolute atomic E-state index is 0.0711. The molecule has 1 saturated heterocycles. The van der Waals surface area contributed by atoms with Crippen LogP contribution in [0, 0.1) is 0 Å². The first-order valence-corrected chi connectivity index (χ1v) is 7.47. The number of hydrogen-bond donors (Lipinski definition) is 1. The molecule has 0 aliphatic carbocycles. The summed E-state index contributed by atoms with van der Waals surface area (Å²) >= 11 is 0. The zero-order valence-corrected chi connectivity index (χ0v) is 11.7. The van der Waals surface area contributed by atoms with Gasteiger partial charge in [-0.2, -0.15) is 0 Å². The minimum atomic E-state index is 0.0711. The maximum atomic E-state index is 6.36. The average Bonchev–Trinajstić information content (AvgIpc) is 2.45. The van der Waals surface area contributed by atoms with Gasteiger partial charge in [0.05, 0.1) is 6.61 Å². The summed E-state index contributed by atoms with van der Waals surface area (Å²) in [6.45, 7) is 5.06. The van der Waals surface area contributed by atoms with Crippen molar-refractivity contribution in [2.75, 3.05) is 19.7 Å². The van der Waals surface area contributed by atoms with Crippen molar-refractivity contribution < 1.29 is 9.47 Å². The lowest BCUT2D eigenvalue weighted by atomic mass is 9.83. The molecule has 104 valence electrons. The minimum Gasteiger partial charge on any atom is -0.493 e. The van der Waals surface area contributed by atoms with E-state index >= 15 is 0 Å². The predicted molar refractivity (Wildman–Crippen MR) is 76.0 cm³/mol. The summed E-state index contributed by atoms with van der Waals surface area (Å²) in [4.78, 5) is 0. The van der Waals surface area contributed by atoms with E-state index in [0.29, 0.717) is 0 Å². The molecule has 3 rings (SSSR count). The van der Waals surface area contributed by atoms with Crippen LogP contribution in [-0.2, 0) is 6.42 Å². The molecule has 0 aromatic heterocycles. The Morgan fingerprint density at radius 2 is 2.11 bits per heavy atom. The zero-order chi connectivity index (χ0) is 13.1. The molecule has 0 saturated carbocycles. The normalized spacial score (nSPS) is 20.7. The summed E-state index contributed by atoms with van der Waals surface area (Å²) in [6, 6.07) is 6.21. The highest BCUT2D eigenvalue weighted by atomic mass is 16.5. The molecule has 2 aliphatic heterocycles. The standard InChI is InChI=1S/C16H23NO2/c1-2-12-18-14-4-3-5-15-13(14)6-7-16(19-15)8-10-17-11-9-16/h3-5,17H,2,6-12H2,1H3. The Balaban J connectivity index is 1.81. The van der Waals surface area contributed by atoms with Gasteiger partial charge in [-0.25, -0.2) is 0 Å². The molecule has 1 spiro atoms. The first kappa shape index (κ1) is 12.8. The van der Waals surface area contributed by atoms with Crippen LogP contribution in [0.1, 0.15) is 38.2 Å². The molecule has 1 aromatic rings. The Hall–Kier alpha value is -1.22. The van der Waals surface area contributed by atoms with Gasteiger partial charge < -0.3 is 14.8 Å². The lowest BCUT2D eigenvalue weighted by Gasteiger charge is -2.42. The van der Waals surface area contributed by atoms with Gasteiger partial charge in [0, 0.05) is 5.56 Å². The topological polar surface area (TPSA) is 30.5 Å². The third kappa shape index (κ3) is 2.57. The Bertz CT molecular complexity index is 438. The smallest absolute Gasteiger partial charge is 0.127 e. The number of fused-ring (bicyclic) bond motifs is 1. The zero-order valence-electron chi connectivity index (χ0n) is 11.7. The Kier molecular flexibility index (Phi) is 3.65. The van der Waals surface area contributed by atoms with E-state index in [-0.39, 0.29) is 5.60 Å². The second kappa shape index (κ2) is 5.41. The lowest BCUT2D eigenvalue weighted by molar-refractivity contribution is 0.0162. The van der Waals surface area contributed by atoms with E-state index in [0.717, 1.165) is 63.3 Å². The summed E-state index contributed by atoms with van der Waals surface area (Å²) in [5.74, 6) is 2.06. The Labute approximate surface area is 115 Å². The van der Waals surface area contributed by atoms with Gasteiger partial charge in [-0.3, -0.25) is 0 Å². The Morgan fingerprint density at radius 3 is 2.89 bits per heavy atom. The molecule has 1 fully saturated rings. The van der Waals surface area contributed by atoms with Gasteiger partial charge in [-0.05, 0) is 57.3 Å². The number of piperidine rings is 1. The van der Waals surface area contributed by atoms with Crippen molar-refractivity contribution in [3.63, 3.8) is 0 Å². The maximum absolute atomic E-state index is 6.36. The molecule has 2 heterocycles. The van der Waals surface area contributed by atoms with Crippen LogP contribution in [0.4, 0.5) is 0 Å². The van der Waals surface area contributed by atoms with Gasteiger partial charge in [-0.1, -0.05) is 13.0 Å². The number of ether oxygens (including phenoxy) is 2. The quantitative estimate of drug-likeness (QED) is 0.907. The molecule has 0 atom stereocenters. The predicted octanol–water partition coefficient (Wildman–Crippen LogP) is 2.92. The SMILES string of the molecule is CCCOc1cccc2c1CCC1(CCNCC1)O2. The van der Waals surface area contributed by atoms with E-state index in [4.69, 9.17) is 9.47 Å². The summed E-state index contributed by atoms with van der Waals surface area (Å²) in [5, 5.41) is 3.41. The summed E-state index contributed by atoms with van der Waals surface area (Å²) < 4.78 is 12.2. The van der Waals surface area contributed by atoms with Crippen molar-refractivity contribution in [2.45, 2.75) is 44.6 Å². The van der Waals surface area contributed by atoms with Gasteiger partial charge in [0.2, 0.25) is 0 Å². The van der Waals surface area contributed by atoms with Crippen molar-refractivity contribution in [2.24, 2.45) is 0 Å². The number of hydrogen-bond acceptors (Lipinski definition) is 3. The second-order valence-electron chi connectivity index (χ2n) is 5.62. The number of benzene rings is 1. The number of nitrogens with one attached hydrogen (secondary N) is 1. The van der Waals surface area contributed by atoms with Gasteiger partial charge in [0.25, 0.3) is 0 Å². The molecule has 0 amide bonds. The molecule has 19 heavy (non-hydrogen) atoms. The third-order valence-electron chi connectivity index (χ3n) is 4.22. The Morgan fingerprint density at radius 1 is 1.26 bits per heavy atom. The van der Waals surface area contributed by atoms with Gasteiger partial charge in [-0.15, -0.1) is 0 Å². The lowest BCUT2D eigenvalue weighted by Crippen LogP contribution is -2.48. The highest BCUT2D eigenvalue weighted by Crippen LogP contribution is 2.41. The van der Waals surface area contributed by atoms with E-state index in [2.05, 4.69) is 24.4 Å². The third-order valence-corrected chi connectivity index (χ3v) is 4.22. The fourth-order valence-electron chi connectivity index (χ4n) is 3.11. The molecular weight excluding hydrogens is 238 g/mol. The van der Waals surface area contributed by atoms with Crippen LogP contribution in [0.15, 0.2) is 18.2 Å². The van der Waals surface area contributed by atoms with Crippen LogP contribution in [0.3, 0.4) is 0 Å². The van der Waals surface area contributed by atoms with E-state index in [1.54, 1.807) is 0 Å². The largest absolute Gasteiger partial charge is 0.493 e. The summed E-state index contributed by atoms with van der Waals surface area (Å²) in [7, 11) is 0. The van der Waals surface area contributed by atoms with Crippen molar-refractivity contribution >= 4 is 0 Å². The fourth-order valence-corrected chi connectivity index (χ4v) is 3.11. The second-order valence-corrected chi connectivity index (χ2v) is 5.62. The van der Waals surface area contributed by atoms with Gasteiger partial charge >= 0.3 is 0 Å². The van der Waals surface area contributed by atoms with Crippen molar-refractivity contribution in [3.05, 3.63) is 23.8 Å². The van der Waals surface area contributed by atoms with Crippen molar-refractivity contribution in [1.82, 2.24) is 5.32 Å². The molecule has 1 N–H and O–H groups in total. The fraction of sp³-hybridized carbons (Fsp3) is 0.625. The molecule has 3 nitrogen and oxygen atoms in total. The van der Waals surface area contributed by atoms with Crippen LogP contribution in [0.25, 0.3) is 0 Å². The molecule has 0 radical (unpaired) electrons. The molecular formula is C16H23NO2. The average molecular weight is 261 g/mol. The summed E-state index contributed by atoms with van der Waals surface area (Å²) in [5.41, 5.74) is 1.34. The molecule has 3 heteroatoms. The van der Waals surface area contributed by atoms with Gasteiger partial charge in [0.1, 0.15) is 17.1 Å². The monoisotopic (exact) mass is 261 g/mol. The van der Waals surface area contributed by atoms with Crippen LogP contribution in [-0.4, -0.2) is 25.3 Å². The number of rotatable bonds is 3.